The molecule has 2 aromatic heterocycles. The molecular weight excluding hydrogens is 344 g/mol. The summed E-state index contributed by atoms with van der Waals surface area (Å²) in [6, 6.07) is 0.203. The lowest BCUT2D eigenvalue weighted by molar-refractivity contribution is -0.126. The Bertz CT molecular complexity index is 851. The maximum atomic E-state index is 12.3. The number of hydrogen-bond acceptors (Lipinski definition) is 5. The molecule has 0 radical (unpaired) electrons. The van der Waals surface area contributed by atoms with Crippen LogP contribution in [0.15, 0.2) is 37.7 Å². The van der Waals surface area contributed by atoms with Crippen molar-refractivity contribution in [2.24, 2.45) is 0 Å². The average molecular weight is 368 g/mol. The molecule has 0 spiro atoms. The number of carbonyl (C=O) groups excluding carboxylic acids is 2. The van der Waals surface area contributed by atoms with Crippen LogP contribution in [0.2, 0.25) is 0 Å². The molecule has 8 heteroatoms. The molecule has 1 saturated heterocycles. The molecule has 3 rings (SSSR count). The lowest BCUT2D eigenvalue weighted by Crippen LogP contribution is -2.41. The molecule has 0 aromatic carbocycles. The first kappa shape index (κ1) is 18.6. The van der Waals surface area contributed by atoms with Gasteiger partial charge in [-0.25, -0.2) is 9.97 Å². The van der Waals surface area contributed by atoms with Gasteiger partial charge in [0.2, 0.25) is 5.91 Å². The van der Waals surface area contributed by atoms with Crippen molar-refractivity contribution >= 4 is 28.8 Å². The van der Waals surface area contributed by atoms with E-state index in [9.17, 15) is 9.59 Å². The van der Waals surface area contributed by atoms with Crippen LogP contribution in [0, 0.1) is 0 Å². The van der Waals surface area contributed by atoms with Gasteiger partial charge in [0.1, 0.15) is 11.3 Å². The Morgan fingerprint density at radius 2 is 2.11 bits per heavy atom. The minimum Gasteiger partial charge on any atom is -0.366 e. The second-order valence-electron chi connectivity index (χ2n) is 6.44. The molecule has 0 aliphatic carbocycles. The van der Waals surface area contributed by atoms with E-state index in [2.05, 4.69) is 38.7 Å². The van der Waals surface area contributed by atoms with E-state index in [4.69, 9.17) is 0 Å². The van der Waals surface area contributed by atoms with Crippen LogP contribution >= 0.6 is 0 Å². The predicted octanol–water partition coefficient (Wildman–Crippen LogP) is 1.85. The normalized spacial score (nSPS) is 14.7. The van der Waals surface area contributed by atoms with Gasteiger partial charge in [-0.1, -0.05) is 12.7 Å². The maximum Gasteiger partial charge on any atom is 0.255 e. The van der Waals surface area contributed by atoms with E-state index in [1.54, 1.807) is 23.4 Å². The molecule has 3 heterocycles. The topological polar surface area (TPSA) is 103 Å². The summed E-state index contributed by atoms with van der Waals surface area (Å²) in [5.41, 5.74) is 1.58. The predicted molar refractivity (Wildman–Crippen MR) is 104 cm³/mol. The molecule has 0 unspecified atom stereocenters. The van der Waals surface area contributed by atoms with Crippen LogP contribution in [0.3, 0.4) is 0 Å². The van der Waals surface area contributed by atoms with E-state index in [-0.39, 0.29) is 17.9 Å². The third-order valence-corrected chi connectivity index (χ3v) is 4.59. The molecule has 1 fully saturated rings. The lowest BCUT2D eigenvalue weighted by Gasteiger charge is -2.31. The molecule has 1 aliphatic heterocycles. The third-order valence-electron chi connectivity index (χ3n) is 4.59. The third kappa shape index (κ3) is 4.33. The fourth-order valence-electron chi connectivity index (χ4n) is 3.10. The number of aromatic nitrogens is 3. The monoisotopic (exact) mass is 368 g/mol. The first-order chi connectivity index (χ1) is 13.1. The number of amides is 2. The molecule has 2 aromatic rings. The van der Waals surface area contributed by atoms with Crippen molar-refractivity contribution in [1.29, 1.82) is 0 Å². The van der Waals surface area contributed by atoms with Crippen molar-refractivity contribution in [3.05, 3.63) is 43.3 Å². The van der Waals surface area contributed by atoms with Crippen LogP contribution in [-0.4, -0.2) is 57.3 Å². The first-order valence-electron chi connectivity index (χ1n) is 9.03. The summed E-state index contributed by atoms with van der Waals surface area (Å²) >= 11 is 0. The standard InChI is InChI=1S/C19H24N6O2/c1-3-5-8-20-19(27)14-11-21-18-17(14)24-15(12-22-18)23-13-6-9-25(10-7-13)16(26)4-2/h3-4,11-13H,1-2,5-10H2,(H,20,27)(H,21,22)(H,23,24). The summed E-state index contributed by atoms with van der Waals surface area (Å²) in [4.78, 5) is 37.7. The maximum absolute atomic E-state index is 12.3. The Morgan fingerprint density at radius 3 is 2.81 bits per heavy atom. The minimum absolute atomic E-state index is 0.0332. The largest absolute Gasteiger partial charge is 0.366 e. The number of H-pyrrole nitrogens is 1. The summed E-state index contributed by atoms with van der Waals surface area (Å²) in [5.74, 6) is 0.399. The van der Waals surface area contributed by atoms with Crippen LogP contribution in [0.1, 0.15) is 29.6 Å². The zero-order valence-corrected chi connectivity index (χ0v) is 15.2. The van der Waals surface area contributed by atoms with E-state index < -0.39 is 0 Å². The number of likely N-dealkylation sites (tertiary alicyclic amines) is 1. The molecule has 1 aliphatic rings. The summed E-state index contributed by atoms with van der Waals surface area (Å²) < 4.78 is 0. The Kier molecular flexibility index (Phi) is 5.85. The number of nitrogens with one attached hydrogen (secondary N) is 3. The van der Waals surface area contributed by atoms with Crippen LogP contribution in [0.25, 0.3) is 11.2 Å². The Labute approximate surface area is 157 Å². The van der Waals surface area contributed by atoms with E-state index in [0.717, 1.165) is 12.8 Å². The highest BCUT2D eigenvalue weighted by molar-refractivity contribution is 6.04. The number of nitrogens with zero attached hydrogens (tertiary/aromatic N) is 3. The van der Waals surface area contributed by atoms with Crippen molar-refractivity contribution in [2.45, 2.75) is 25.3 Å². The molecule has 142 valence electrons. The van der Waals surface area contributed by atoms with E-state index >= 15 is 0 Å². The fourth-order valence-corrected chi connectivity index (χ4v) is 3.10. The summed E-state index contributed by atoms with van der Waals surface area (Å²) in [7, 11) is 0. The van der Waals surface area contributed by atoms with E-state index in [1.165, 1.54) is 6.08 Å². The van der Waals surface area contributed by atoms with Gasteiger partial charge < -0.3 is 20.5 Å². The fraction of sp³-hybridized carbons (Fsp3) is 0.368. The molecule has 3 N–H and O–H groups in total. The van der Waals surface area contributed by atoms with Crippen molar-refractivity contribution in [2.75, 3.05) is 25.0 Å². The number of hydrogen-bond donors (Lipinski definition) is 3. The molecule has 2 amide bonds. The van der Waals surface area contributed by atoms with E-state index in [1.807, 2.05) is 0 Å². The number of carbonyl (C=O) groups is 2. The highest BCUT2D eigenvalue weighted by Gasteiger charge is 2.22. The quantitative estimate of drug-likeness (QED) is 0.393. The molecule has 0 saturated carbocycles. The molecule has 0 bridgehead atoms. The molecular formula is C19H24N6O2. The Balaban J connectivity index is 1.67. The highest BCUT2D eigenvalue weighted by atomic mass is 16.2. The first-order valence-corrected chi connectivity index (χ1v) is 9.03. The van der Waals surface area contributed by atoms with Crippen molar-refractivity contribution in [3.8, 4) is 0 Å². The van der Waals surface area contributed by atoms with Gasteiger partial charge >= 0.3 is 0 Å². The van der Waals surface area contributed by atoms with Crippen molar-refractivity contribution < 1.29 is 9.59 Å². The number of anilines is 1. The van der Waals surface area contributed by atoms with Gasteiger partial charge in [-0.3, -0.25) is 9.59 Å². The van der Waals surface area contributed by atoms with Gasteiger partial charge in [-0.05, 0) is 25.3 Å². The van der Waals surface area contributed by atoms with Crippen LogP contribution < -0.4 is 10.6 Å². The number of aromatic amines is 1. The van der Waals surface area contributed by atoms with Gasteiger partial charge in [-0.15, -0.1) is 6.58 Å². The zero-order chi connectivity index (χ0) is 19.2. The van der Waals surface area contributed by atoms with Crippen LogP contribution in [0.5, 0.6) is 0 Å². The smallest absolute Gasteiger partial charge is 0.255 e. The number of piperidine rings is 1. The SMILES string of the molecule is C=CCCNC(=O)c1c[nH]c2ncc(NC3CCN(C(=O)C=C)CC3)nc12. The summed E-state index contributed by atoms with van der Waals surface area (Å²) in [6.07, 6.45) is 8.73. The summed E-state index contributed by atoms with van der Waals surface area (Å²) in [6.45, 7) is 9.06. The zero-order valence-electron chi connectivity index (χ0n) is 15.2. The van der Waals surface area contributed by atoms with Crippen LogP contribution in [0.4, 0.5) is 5.82 Å². The highest BCUT2D eigenvalue weighted by Crippen LogP contribution is 2.19. The molecule has 0 atom stereocenters. The van der Waals surface area contributed by atoms with Gasteiger partial charge in [0, 0.05) is 31.9 Å². The van der Waals surface area contributed by atoms with E-state index in [0.29, 0.717) is 48.6 Å². The molecule has 27 heavy (non-hydrogen) atoms. The van der Waals surface area contributed by atoms with Crippen molar-refractivity contribution in [1.82, 2.24) is 25.2 Å². The van der Waals surface area contributed by atoms with Crippen LogP contribution in [-0.2, 0) is 4.79 Å². The van der Waals surface area contributed by atoms with Gasteiger partial charge in [0.05, 0.1) is 11.8 Å². The average Bonchev–Trinajstić information content (AvgIpc) is 3.11. The number of fused-ring (bicyclic) bond motifs is 1. The van der Waals surface area contributed by atoms with Gasteiger partial charge in [-0.2, -0.15) is 0 Å². The summed E-state index contributed by atoms with van der Waals surface area (Å²) in [5, 5.41) is 6.20. The lowest BCUT2D eigenvalue weighted by atomic mass is 10.1. The number of rotatable bonds is 7. The second kappa shape index (κ2) is 8.48. The van der Waals surface area contributed by atoms with Gasteiger partial charge in [0.15, 0.2) is 5.65 Å². The second-order valence-corrected chi connectivity index (χ2v) is 6.44. The minimum atomic E-state index is -0.189. The Hall–Kier alpha value is -3.16. The van der Waals surface area contributed by atoms with Crippen molar-refractivity contribution in [3.63, 3.8) is 0 Å². The molecule has 8 nitrogen and oxygen atoms in total. The Morgan fingerprint density at radius 1 is 1.33 bits per heavy atom. The van der Waals surface area contributed by atoms with Gasteiger partial charge in [0.25, 0.3) is 5.91 Å².